The van der Waals surface area contributed by atoms with E-state index >= 15 is 0 Å². The Hall–Kier alpha value is -2.11. The van der Waals surface area contributed by atoms with Crippen LogP contribution in [0.4, 0.5) is 0 Å². The summed E-state index contributed by atoms with van der Waals surface area (Å²) in [6.07, 6.45) is 1.32. The van der Waals surface area contributed by atoms with Gasteiger partial charge >= 0.3 is 5.97 Å². The van der Waals surface area contributed by atoms with E-state index in [0.717, 1.165) is 11.3 Å². The number of hydrogen-bond donors (Lipinski definition) is 1. The highest BCUT2D eigenvalue weighted by Gasteiger charge is 2.14. The van der Waals surface area contributed by atoms with Gasteiger partial charge in [0.15, 0.2) is 0 Å². The van der Waals surface area contributed by atoms with Crippen molar-refractivity contribution in [2.75, 3.05) is 0 Å². The van der Waals surface area contributed by atoms with Crippen LogP contribution >= 0.6 is 0 Å². The average Bonchev–Trinajstić information content (AvgIpc) is 2.54. The monoisotopic (exact) mass is 249 g/mol. The van der Waals surface area contributed by atoms with Crippen LogP contribution in [0, 0.1) is 13.8 Å². The van der Waals surface area contributed by atoms with Crippen molar-refractivity contribution in [2.45, 2.75) is 26.8 Å². The Kier molecular flexibility index (Phi) is 2.94. The van der Waals surface area contributed by atoms with Gasteiger partial charge in [-0.15, -0.1) is 0 Å². The summed E-state index contributed by atoms with van der Waals surface area (Å²) in [6, 6.07) is 0. The largest absolute Gasteiger partial charge is 0.481 e. The van der Waals surface area contributed by atoms with Gasteiger partial charge in [-0.2, -0.15) is 0 Å². The zero-order valence-electron chi connectivity index (χ0n) is 10.6. The molecule has 6 heteroatoms. The zero-order valence-corrected chi connectivity index (χ0v) is 10.6. The maximum Gasteiger partial charge on any atom is 0.305 e. The Morgan fingerprint density at radius 3 is 2.72 bits per heavy atom. The van der Waals surface area contributed by atoms with Crippen LogP contribution in [-0.4, -0.2) is 25.2 Å². The van der Waals surface area contributed by atoms with E-state index in [1.165, 1.54) is 10.9 Å². The van der Waals surface area contributed by atoms with Gasteiger partial charge in [-0.3, -0.25) is 14.2 Å². The van der Waals surface area contributed by atoms with E-state index in [1.807, 2.05) is 25.5 Å². The molecule has 1 N–H and O–H groups in total. The van der Waals surface area contributed by atoms with E-state index in [0.29, 0.717) is 11.0 Å². The maximum atomic E-state index is 12.2. The van der Waals surface area contributed by atoms with Gasteiger partial charge in [0.2, 0.25) is 0 Å². The van der Waals surface area contributed by atoms with Crippen LogP contribution < -0.4 is 5.56 Å². The minimum absolute atomic E-state index is 0.0854. The standard InChI is InChI=1S/C12H15N3O3/c1-7-8(2)14(3)11-10(7)12(18)15(6-13-11)5-4-9(16)17/h6H,4-5H2,1-3H3,(H,16,17). The lowest BCUT2D eigenvalue weighted by molar-refractivity contribution is -0.137. The molecule has 2 aromatic rings. The van der Waals surface area contributed by atoms with Crippen LogP contribution in [0.5, 0.6) is 0 Å². The molecule has 0 spiro atoms. The molecule has 96 valence electrons. The Balaban J connectivity index is 2.61. The molecule has 0 aliphatic rings. The van der Waals surface area contributed by atoms with Crippen molar-refractivity contribution in [3.63, 3.8) is 0 Å². The minimum Gasteiger partial charge on any atom is -0.481 e. The first-order valence-corrected chi connectivity index (χ1v) is 5.66. The van der Waals surface area contributed by atoms with Gasteiger partial charge < -0.3 is 9.67 Å². The van der Waals surface area contributed by atoms with Crippen LogP contribution in [0.15, 0.2) is 11.1 Å². The lowest BCUT2D eigenvalue weighted by Crippen LogP contribution is -2.22. The highest BCUT2D eigenvalue weighted by molar-refractivity contribution is 5.80. The smallest absolute Gasteiger partial charge is 0.305 e. The molecular formula is C12H15N3O3. The van der Waals surface area contributed by atoms with Gasteiger partial charge in [0, 0.05) is 19.3 Å². The fourth-order valence-corrected chi connectivity index (χ4v) is 2.03. The van der Waals surface area contributed by atoms with Gasteiger partial charge in [-0.05, 0) is 19.4 Å². The van der Waals surface area contributed by atoms with Crippen molar-refractivity contribution in [2.24, 2.45) is 7.05 Å². The number of hydrogen-bond acceptors (Lipinski definition) is 3. The number of aromatic nitrogens is 3. The Morgan fingerprint density at radius 1 is 1.44 bits per heavy atom. The molecule has 0 bridgehead atoms. The molecular weight excluding hydrogens is 234 g/mol. The molecule has 0 aliphatic heterocycles. The normalized spacial score (nSPS) is 11.1. The van der Waals surface area contributed by atoms with E-state index in [1.54, 1.807) is 0 Å². The summed E-state index contributed by atoms with van der Waals surface area (Å²) in [5.74, 6) is -0.928. The molecule has 0 fully saturated rings. The Labute approximate surface area is 103 Å². The number of rotatable bonds is 3. The summed E-state index contributed by atoms with van der Waals surface area (Å²) >= 11 is 0. The predicted octanol–water partition coefficient (Wildman–Crippen LogP) is 0.827. The SMILES string of the molecule is Cc1c(C)n(C)c2ncn(CCC(=O)O)c(=O)c12. The second-order valence-electron chi connectivity index (χ2n) is 4.35. The van der Waals surface area contributed by atoms with Gasteiger partial charge in [0.05, 0.1) is 18.1 Å². The minimum atomic E-state index is -0.928. The van der Waals surface area contributed by atoms with E-state index < -0.39 is 5.97 Å². The molecule has 6 nitrogen and oxygen atoms in total. The summed E-state index contributed by atoms with van der Waals surface area (Å²) in [5.41, 5.74) is 2.35. The van der Waals surface area contributed by atoms with Crippen LogP contribution in [0.25, 0.3) is 11.0 Å². The molecule has 0 unspecified atom stereocenters. The molecule has 18 heavy (non-hydrogen) atoms. The maximum absolute atomic E-state index is 12.2. The first kappa shape index (κ1) is 12.3. The topological polar surface area (TPSA) is 77.1 Å². The number of fused-ring (bicyclic) bond motifs is 1. The summed E-state index contributed by atoms with van der Waals surface area (Å²) in [6.45, 7) is 3.95. The van der Waals surface area contributed by atoms with Gasteiger partial charge in [0.1, 0.15) is 5.65 Å². The van der Waals surface area contributed by atoms with Gasteiger partial charge in [0.25, 0.3) is 5.56 Å². The van der Waals surface area contributed by atoms with Crippen molar-refractivity contribution in [3.8, 4) is 0 Å². The number of aryl methyl sites for hydroxylation is 3. The lowest BCUT2D eigenvalue weighted by atomic mass is 10.2. The number of carboxylic acid groups (broad SMARTS) is 1. The first-order chi connectivity index (χ1) is 8.43. The number of carboxylic acids is 1. The number of aliphatic carboxylic acids is 1. The molecule has 2 aromatic heterocycles. The fraction of sp³-hybridized carbons (Fsp3) is 0.417. The molecule has 2 heterocycles. The Morgan fingerprint density at radius 2 is 2.11 bits per heavy atom. The van der Waals surface area contributed by atoms with E-state index in [-0.39, 0.29) is 18.5 Å². The van der Waals surface area contributed by atoms with E-state index in [2.05, 4.69) is 4.98 Å². The zero-order chi connectivity index (χ0) is 13.4. The van der Waals surface area contributed by atoms with Gasteiger partial charge in [-0.1, -0.05) is 0 Å². The van der Waals surface area contributed by atoms with Crippen LogP contribution in [0.1, 0.15) is 17.7 Å². The second-order valence-corrected chi connectivity index (χ2v) is 4.35. The first-order valence-electron chi connectivity index (χ1n) is 5.66. The van der Waals surface area contributed by atoms with Crippen molar-refractivity contribution in [1.82, 2.24) is 14.1 Å². The van der Waals surface area contributed by atoms with Crippen molar-refractivity contribution < 1.29 is 9.90 Å². The van der Waals surface area contributed by atoms with Crippen molar-refractivity contribution >= 4 is 17.0 Å². The summed E-state index contributed by atoms with van der Waals surface area (Å²) in [7, 11) is 1.86. The Bertz CT molecular complexity index is 682. The van der Waals surface area contributed by atoms with E-state index in [9.17, 15) is 9.59 Å². The number of carbonyl (C=O) groups is 1. The van der Waals surface area contributed by atoms with Gasteiger partial charge in [-0.25, -0.2) is 4.98 Å². The van der Waals surface area contributed by atoms with Crippen molar-refractivity contribution in [1.29, 1.82) is 0 Å². The average molecular weight is 249 g/mol. The predicted molar refractivity (Wildman–Crippen MR) is 66.7 cm³/mol. The summed E-state index contributed by atoms with van der Waals surface area (Å²) in [5, 5.41) is 9.21. The quantitative estimate of drug-likeness (QED) is 0.873. The fourth-order valence-electron chi connectivity index (χ4n) is 2.03. The second kappa shape index (κ2) is 4.29. The summed E-state index contributed by atoms with van der Waals surface area (Å²) < 4.78 is 3.22. The summed E-state index contributed by atoms with van der Waals surface area (Å²) in [4.78, 5) is 27.0. The number of nitrogens with zero attached hydrogens (tertiary/aromatic N) is 3. The lowest BCUT2D eigenvalue weighted by Gasteiger charge is -2.03. The molecule has 0 aliphatic carbocycles. The molecule has 0 atom stereocenters. The third kappa shape index (κ3) is 1.79. The third-order valence-corrected chi connectivity index (χ3v) is 3.32. The van der Waals surface area contributed by atoms with Crippen molar-refractivity contribution in [3.05, 3.63) is 27.9 Å². The highest BCUT2D eigenvalue weighted by Crippen LogP contribution is 2.18. The molecule has 0 radical (unpaired) electrons. The van der Waals surface area contributed by atoms with Crippen LogP contribution in [0.3, 0.4) is 0 Å². The molecule has 0 aromatic carbocycles. The molecule has 0 amide bonds. The molecule has 0 saturated carbocycles. The molecule has 2 rings (SSSR count). The third-order valence-electron chi connectivity index (χ3n) is 3.32. The van der Waals surface area contributed by atoms with E-state index in [4.69, 9.17) is 5.11 Å². The molecule has 0 saturated heterocycles. The highest BCUT2D eigenvalue weighted by atomic mass is 16.4. The van der Waals surface area contributed by atoms with Crippen LogP contribution in [0.2, 0.25) is 0 Å². The van der Waals surface area contributed by atoms with Crippen LogP contribution in [-0.2, 0) is 18.4 Å².